The molecule has 2 atom stereocenters. The van der Waals surface area contributed by atoms with Crippen LogP contribution in [0.15, 0.2) is 24.4 Å². The first-order valence-corrected chi connectivity index (χ1v) is 11.1. The van der Waals surface area contributed by atoms with E-state index in [2.05, 4.69) is 9.97 Å². The summed E-state index contributed by atoms with van der Waals surface area (Å²) in [5.41, 5.74) is 4.43. The van der Waals surface area contributed by atoms with Crippen LogP contribution in [0.2, 0.25) is 0 Å². The van der Waals surface area contributed by atoms with Crippen LogP contribution in [0.1, 0.15) is 24.0 Å². The van der Waals surface area contributed by atoms with Gasteiger partial charge in [0.2, 0.25) is 5.88 Å². The average Bonchev–Trinajstić information content (AvgIpc) is 3.34. The number of likely N-dealkylation sites (N-methyl/N-ethyl adjacent to an activating group) is 1. The second-order valence-corrected chi connectivity index (χ2v) is 9.17. The Kier molecular flexibility index (Phi) is 5.04. The van der Waals surface area contributed by atoms with Crippen LogP contribution in [0.5, 0.6) is 11.6 Å². The van der Waals surface area contributed by atoms with Gasteiger partial charge in [0.15, 0.2) is 11.6 Å². The molecule has 0 saturated carbocycles. The van der Waals surface area contributed by atoms with Gasteiger partial charge in [0.25, 0.3) is 0 Å². The average molecular weight is 469 g/mol. The Morgan fingerprint density at radius 2 is 2.09 bits per heavy atom. The molecule has 0 bridgehead atoms. The van der Waals surface area contributed by atoms with Crippen LogP contribution in [0.25, 0.3) is 31.8 Å². The van der Waals surface area contributed by atoms with Crippen LogP contribution in [0, 0.1) is 12.7 Å². The largest absolute Gasteiger partial charge is 0.485 e. The minimum absolute atomic E-state index is 0.137. The summed E-state index contributed by atoms with van der Waals surface area (Å²) < 4.78 is 26.8. The number of carboxylic acid groups (broad SMARTS) is 1. The zero-order chi connectivity index (χ0) is 23.4. The van der Waals surface area contributed by atoms with Crippen molar-refractivity contribution in [2.75, 3.05) is 20.7 Å². The highest BCUT2D eigenvalue weighted by Gasteiger charge is 2.37. The molecule has 1 aliphatic rings. The normalized spacial score (nSPS) is 17.2. The highest BCUT2D eigenvalue weighted by atomic mass is 32.1. The maximum atomic E-state index is 14.9. The fourth-order valence-electron chi connectivity index (χ4n) is 4.18. The zero-order valence-electron chi connectivity index (χ0n) is 18.4. The van der Waals surface area contributed by atoms with E-state index in [1.165, 1.54) is 24.5 Å². The standard InChI is InChI=1S/C23H21FN4O4S/c1-10-5-12(19-14(6-10)26-17(31-4)8-25-19)22-27-15-7-13(24)20-18(21(15)33-22)11(2)16(32-20)9-28(3)23(29)30/h5-8,11,16H,9H2,1-4H3,(H,29,30)/t11-,16-/m1/s1. The number of hydrogen-bond acceptors (Lipinski definition) is 7. The van der Waals surface area contributed by atoms with Gasteiger partial charge in [0.05, 0.1) is 41.1 Å². The van der Waals surface area contributed by atoms with E-state index in [4.69, 9.17) is 14.5 Å². The SMILES string of the molecule is COc1cnc2c(-c3nc4cc(F)c5c(c4s3)[C@H](C)[C@@H](CN(C)C(=O)O)O5)cc(C)cc2n1. The molecule has 10 heteroatoms. The van der Waals surface area contributed by atoms with Crippen molar-refractivity contribution in [3.63, 3.8) is 0 Å². The number of aromatic nitrogens is 3. The fourth-order valence-corrected chi connectivity index (χ4v) is 5.38. The van der Waals surface area contributed by atoms with Crippen LogP contribution in [0.3, 0.4) is 0 Å². The first-order chi connectivity index (χ1) is 15.8. The zero-order valence-corrected chi connectivity index (χ0v) is 19.2. The van der Waals surface area contributed by atoms with Crippen molar-refractivity contribution in [3.05, 3.63) is 41.3 Å². The Bertz CT molecular complexity index is 1420. The molecule has 33 heavy (non-hydrogen) atoms. The monoisotopic (exact) mass is 468 g/mol. The maximum absolute atomic E-state index is 14.9. The van der Waals surface area contributed by atoms with Crippen LogP contribution >= 0.6 is 11.3 Å². The first-order valence-electron chi connectivity index (χ1n) is 10.3. The van der Waals surface area contributed by atoms with Crippen LogP contribution < -0.4 is 9.47 Å². The molecule has 0 spiro atoms. The molecular weight excluding hydrogens is 447 g/mol. The fraction of sp³-hybridized carbons (Fsp3) is 0.304. The molecule has 1 amide bonds. The number of halogens is 1. The topological polar surface area (TPSA) is 97.7 Å². The van der Waals surface area contributed by atoms with Gasteiger partial charge in [-0.2, -0.15) is 0 Å². The summed E-state index contributed by atoms with van der Waals surface area (Å²) in [6.45, 7) is 4.02. The number of fused-ring (bicyclic) bond motifs is 4. The Morgan fingerprint density at radius 3 is 2.82 bits per heavy atom. The van der Waals surface area contributed by atoms with E-state index < -0.39 is 18.0 Å². The number of methoxy groups -OCH3 is 1. The summed E-state index contributed by atoms with van der Waals surface area (Å²) in [6, 6.07) is 5.29. The number of rotatable bonds is 4. The van der Waals surface area contributed by atoms with Crippen molar-refractivity contribution in [2.45, 2.75) is 25.9 Å². The van der Waals surface area contributed by atoms with E-state index in [-0.39, 0.29) is 18.2 Å². The molecule has 8 nitrogen and oxygen atoms in total. The number of carbonyl (C=O) groups is 1. The van der Waals surface area contributed by atoms with Gasteiger partial charge in [-0.25, -0.2) is 24.1 Å². The van der Waals surface area contributed by atoms with Crippen molar-refractivity contribution < 1.29 is 23.8 Å². The Balaban J connectivity index is 1.64. The number of aryl methyl sites for hydroxylation is 1. The van der Waals surface area contributed by atoms with Crippen molar-refractivity contribution in [1.82, 2.24) is 19.9 Å². The summed E-state index contributed by atoms with van der Waals surface area (Å²) in [5.74, 6) is -0.105. The summed E-state index contributed by atoms with van der Waals surface area (Å²) in [5, 5.41) is 9.91. The summed E-state index contributed by atoms with van der Waals surface area (Å²) in [7, 11) is 3.01. The van der Waals surface area contributed by atoms with Gasteiger partial charge in [0.1, 0.15) is 11.1 Å². The molecule has 1 N–H and O–H groups in total. The summed E-state index contributed by atoms with van der Waals surface area (Å²) in [4.78, 5) is 26.1. The quantitative estimate of drug-likeness (QED) is 0.458. The third-order valence-electron chi connectivity index (χ3n) is 5.89. The third kappa shape index (κ3) is 3.50. The summed E-state index contributed by atoms with van der Waals surface area (Å²) >= 11 is 1.44. The van der Waals surface area contributed by atoms with Gasteiger partial charge in [-0.05, 0) is 24.6 Å². The number of ether oxygens (including phenoxy) is 2. The molecule has 1 aliphatic heterocycles. The first kappa shape index (κ1) is 21.3. The lowest BCUT2D eigenvalue weighted by Crippen LogP contribution is -2.36. The highest BCUT2D eigenvalue weighted by molar-refractivity contribution is 7.22. The third-order valence-corrected chi connectivity index (χ3v) is 7.03. The second kappa shape index (κ2) is 7.80. The van der Waals surface area contributed by atoms with E-state index in [0.29, 0.717) is 27.4 Å². The lowest BCUT2D eigenvalue weighted by atomic mass is 9.97. The van der Waals surface area contributed by atoms with Crippen molar-refractivity contribution in [2.24, 2.45) is 0 Å². The molecule has 5 rings (SSSR count). The van der Waals surface area contributed by atoms with E-state index in [0.717, 1.165) is 26.3 Å². The lowest BCUT2D eigenvalue weighted by molar-refractivity contribution is 0.121. The molecule has 0 aliphatic carbocycles. The molecule has 0 saturated heterocycles. The molecule has 2 aromatic heterocycles. The minimum atomic E-state index is -1.06. The maximum Gasteiger partial charge on any atom is 0.407 e. The Hall–Kier alpha value is -3.53. The minimum Gasteiger partial charge on any atom is -0.485 e. The predicted octanol–water partition coefficient (Wildman–Crippen LogP) is 4.84. The highest BCUT2D eigenvalue weighted by Crippen LogP contribution is 2.47. The molecule has 0 radical (unpaired) electrons. The van der Waals surface area contributed by atoms with Gasteiger partial charge in [-0.15, -0.1) is 11.3 Å². The van der Waals surface area contributed by atoms with Gasteiger partial charge < -0.3 is 19.5 Å². The number of benzene rings is 2. The van der Waals surface area contributed by atoms with Crippen LogP contribution in [-0.2, 0) is 0 Å². The number of nitrogens with zero attached hydrogens (tertiary/aromatic N) is 4. The molecule has 2 aromatic carbocycles. The van der Waals surface area contributed by atoms with Crippen LogP contribution in [0.4, 0.5) is 9.18 Å². The lowest BCUT2D eigenvalue weighted by Gasteiger charge is -2.21. The van der Waals surface area contributed by atoms with Crippen LogP contribution in [-0.4, -0.2) is 57.9 Å². The van der Waals surface area contributed by atoms with Gasteiger partial charge in [-0.3, -0.25) is 0 Å². The van der Waals surface area contributed by atoms with Crippen molar-refractivity contribution >= 4 is 38.7 Å². The van der Waals surface area contributed by atoms with Crippen molar-refractivity contribution in [1.29, 1.82) is 0 Å². The molecular formula is C23H21FN4O4S. The second-order valence-electron chi connectivity index (χ2n) is 8.17. The Labute approximate surface area is 192 Å². The predicted molar refractivity (Wildman–Crippen MR) is 123 cm³/mol. The van der Waals surface area contributed by atoms with E-state index in [9.17, 15) is 14.3 Å². The Morgan fingerprint density at radius 1 is 1.30 bits per heavy atom. The molecule has 0 unspecified atom stereocenters. The molecule has 170 valence electrons. The van der Waals surface area contributed by atoms with Gasteiger partial charge in [0, 0.05) is 30.2 Å². The number of amides is 1. The van der Waals surface area contributed by atoms with Crippen molar-refractivity contribution in [3.8, 4) is 22.2 Å². The number of hydrogen-bond donors (Lipinski definition) is 1. The van der Waals surface area contributed by atoms with E-state index in [1.54, 1.807) is 13.3 Å². The van der Waals surface area contributed by atoms with E-state index >= 15 is 0 Å². The molecule has 3 heterocycles. The summed E-state index contributed by atoms with van der Waals surface area (Å²) in [6.07, 6.45) is 0.0205. The number of thiazole rings is 1. The van der Waals surface area contributed by atoms with E-state index in [1.807, 2.05) is 26.0 Å². The van der Waals surface area contributed by atoms with Gasteiger partial charge in [-0.1, -0.05) is 6.92 Å². The molecule has 0 fully saturated rings. The smallest absolute Gasteiger partial charge is 0.407 e. The molecule has 4 aromatic rings. The van der Waals surface area contributed by atoms with Gasteiger partial charge >= 0.3 is 6.09 Å².